The molecule has 0 spiro atoms. The minimum absolute atomic E-state index is 0.0775. The molecule has 1 amide bonds. The Kier molecular flexibility index (Phi) is 5.10. The van der Waals surface area contributed by atoms with E-state index < -0.39 is 0 Å². The van der Waals surface area contributed by atoms with Crippen molar-refractivity contribution in [2.75, 3.05) is 18.5 Å². The third-order valence-corrected chi connectivity index (χ3v) is 4.07. The Hall–Kier alpha value is -2.41. The summed E-state index contributed by atoms with van der Waals surface area (Å²) < 4.78 is 2.20. The second kappa shape index (κ2) is 7.44. The quantitative estimate of drug-likeness (QED) is 0.641. The fourth-order valence-electron chi connectivity index (χ4n) is 2.65. The van der Waals surface area contributed by atoms with E-state index in [1.807, 2.05) is 19.1 Å². The van der Waals surface area contributed by atoms with Gasteiger partial charge in [-0.05, 0) is 50.5 Å². The molecule has 7 nitrogen and oxygen atoms in total. The van der Waals surface area contributed by atoms with Crippen LogP contribution in [0.4, 0.5) is 5.69 Å². The first-order valence-corrected chi connectivity index (χ1v) is 8.32. The Labute approximate surface area is 141 Å². The Morgan fingerprint density at radius 2 is 2.04 bits per heavy atom. The minimum Gasteiger partial charge on any atom is -0.396 e. The summed E-state index contributed by atoms with van der Waals surface area (Å²) in [6.07, 6.45) is 2.96. The zero-order valence-corrected chi connectivity index (χ0v) is 13.8. The highest BCUT2D eigenvalue weighted by atomic mass is 16.3. The molecule has 1 saturated carbocycles. The van der Waals surface area contributed by atoms with Gasteiger partial charge in [0, 0.05) is 30.4 Å². The number of hydrogen-bond acceptors (Lipinski definition) is 5. The Morgan fingerprint density at radius 1 is 1.29 bits per heavy atom. The van der Waals surface area contributed by atoms with Crippen LogP contribution in [0.1, 0.15) is 47.3 Å². The average Bonchev–Trinajstić information content (AvgIpc) is 3.36. The van der Waals surface area contributed by atoms with Gasteiger partial charge in [-0.2, -0.15) is 0 Å². The SMILES string of the molecule is Cc1nnc(CNc2ccc(C(=O)NCCCO)cc2)n1C1CC1. The normalized spacial score (nSPS) is 13.8. The number of aryl methyl sites for hydroxylation is 1. The number of aliphatic hydroxyl groups excluding tert-OH is 1. The van der Waals surface area contributed by atoms with Gasteiger partial charge in [-0.15, -0.1) is 10.2 Å². The summed E-state index contributed by atoms with van der Waals surface area (Å²) in [6.45, 7) is 3.15. The van der Waals surface area contributed by atoms with E-state index in [0.717, 1.165) is 17.3 Å². The van der Waals surface area contributed by atoms with Crippen molar-refractivity contribution in [1.29, 1.82) is 0 Å². The third-order valence-electron chi connectivity index (χ3n) is 4.07. The molecule has 128 valence electrons. The Balaban J connectivity index is 1.56. The molecule has 1 heterocycles. The molecule has 0 bridgehead atoms. The van der Waals surface area contributed by atoms with Crippen molar-refractivity contribution in [3.05, 3.63) is 41.5 Å². The van der Waals surface area contributed by atoms with E-state index >= 15 is 0 Å². The molecule has 3 rings (SSSR count). The molecule has 24 heavy (non-hydrogen) atoms. The number of carbonyl (C=O) groups is 1. The maximum Gasteiger partial charge on any atom is 0.251 e. The van der Waals surface area contributed by atoms with E-state index in [1.165, 1.54) is 12.8 Å². The molecule has 1 aromatic carbocycles. The highest BCUT2D eigenvalue weighted by molar-refractivity contribution is 5.94. The smallest absolute Gasteiger partial charge is 0.251 e. The van der Waals surface area contributed by atoms with Crippen molar-refractivity contribution >= 4 is 11.6 Å². The summed E-state index contributed by atoms with van der Waals surface area (Å²) >= 11 is 0. The predicted molar refractivity (Wildman–Crippen MR) is 90.8 cm³/mol. The van der Waals surface area contributed by atoms with Crippen molar-refractivity contribution in [1.82, 2.24) is 20.1 Å². The second-order valence-electron chi connectivity index (χ2n) is 6.03. The van der Waals surface area contributed by atoms with E-state index in [0.29, 0.717) is 31.1 Å². The van der Waals surface area contributed by atoms with Crippen LogP contribution in [0.15, 0.2) is 24.3 Å². The fraction of sp³-hybridized carbons (Fsp3) is 0.471. The number of aliphatic hydroxyl groups is 1. The fourth-order valence-corrected chi connectivity index (χ4v) is 2.65. The molecule has 3 N–H and O–H groups in total. The van der Waals surface area contributed by atoms with Gasteiger partial charge in [-0.3, -0.25) is 4.79 Å². The molecular weight excluding hydrogens is 306 g/mol. The molecule has 0 radical (unpaired) electrons. The zero-order valence-electron chi connectivity index (χ0n) is 13.8. The Bertz CT molecular complexity index is 692. The largest absolute Gasteiger partial charge is 0.396 e. The lowest BCUT2D eigenvalue weighted by atomic mass is 10.2. The third kappa shape index (κ3) is 3.91. The molecule has 7 heteroatoms. The number of carbonyl (C=O) groups excluding carboxylic acids is 1. The molecule has 1 fully saturated rings. The van der Waals surface area contributed by atoms with E-state index in [2.05, 4.69) is 25.4 Å². The highest BCUT2D eigenvalue weighted by Gasteiger charge is 2.27. The van der Waals surface area contributed by atoms with Crippen molar-refractivity contribution in [2.45, 2.75) is 38.8 Å². The standard InChI is InChI=1S/C17H23N5O2/c1-12-20-21-16(22(12)15-7-8-15)11-19-14-5-3-13(4-6-14)17(24)18-9-2-10-23/h3-6,15,19,23H,2,7-11H2,1H3,(H,18,24). The first-order valence-electron chi connectivity index (χ1n) is 8.32. The van der Waals surface area contributed by atoms with Gasteiger partial charge in [0.15, 0.2) is 5.82 Å². The van der Waals surface area contributed by atoms with E-state index in [1.54, 1.807) is 12.1 Å². The van der Waals surface area contributed by atoms with Gasteiger partial charge in [0.2, 0.25) is 0 Å². The van der Waals surface area contributed by atoms with Gasteiger partial charge >= 0.3 is 0 Å². The van der Waals surface area contributed by atoms with E-state index in [4.69, 9.17) is 5.11 Å². The summed E-state index contributed by atoms with van der Waals surface area (Å²) in [7, 11) is 0. The first kappa shape index (κ1) is 16.4. The summed E-state index contributed by atoms with van der Waals surface area (Å²) in [5.41, 5.74) is 1.54. The summed E-state index contributed by atoms with van der Waals surface area (Å²) in [5, 5.41) is 23.2. The lowest BCUT2D eigenvalue weighted by Crippen LogP contribution is -2.24. The van der Waals surface area contributed by atoms with Gasteiger partial charge in [0.05, 0.1) is 6.54 Å². The van der Waals surface area contributed by atoms with Gasteiger partial charge in [0.25, 0.3) is 5.91 Å². The van der Waals surface area contributed by atoms with Gasteiger partial charge < -0.3 is 20.3 Å². The van der Waals surface area contributed by atoms with Gasteiger partial charge in [-0.25, -0.2) is 0 Å². The zero-order chi connectivity index (χ0) is 16.9. The van der Waals surface area contributed by atoms with Crippen LogP contribution < -0.4 is 10.6 Å². The van der Waals surface area contributed by atoms with Crippen molar-refractivity contribution < 1.29 is 9.90 Å². The van der Waals surface area contributed by atoms with Crippen LogP contribution in [0.3, 0.4) is 0 Å². The van der Waals surface area contributed by atoms with Crippen LogP contribution in [0, 0.1) is 6.92 Å². The molecule has 0 saturated heterocycles. The van der Waals surface area contributed by atoms with Crippen molar-refractivity contribution in [2.24, 2.45) is 0 Å². The van der Waals surface area contributed by atoms with Crippen molar-refractivity contribution in [3.63, 3.8) is 0 Å². The first-order chi connectivity index (χ1) is 11.7. The maximum atomic E-state index is 11.9. The van der Waals surface area contributed by atoms with Crippen molar-refractivity contribution in [3.8, 4) is 0 Å². The molecule has 1 aliphatic rings. The second-order valence-corrected chi connectivity index (χ2v) is 6.03. The van der Waals surface area contributed by atoms with Crippen LogP contribution in [0.5, 0.6) is 0 Å². The lowest BCUT2D eigenvalue weighted by molar-refractivity contribution is 0.0951. The Morgan fingerprint density at radius 3 is 2.71 bits per heavy atom. The van der Waals surface area contributed by atoms with Crippen LogP contribution in [0.25, 0.3) is 0 Å². The average molecular weight is 329 g/mol. The molecule has 1 aromatic heterocycles. The topological polar surface area (TPSA) is 92.1 Å². The predicted octanol–water partition coefficient (Wildman–Crippen LogP) is 1.65. The van der Waals surface area contributed by atoms with Crippen LogP contribution in [-0.4, -0.2) is 38.9 Å². The van der Waals surface area contributed by atoms with Gasteiger partial charge in [-0.1, -0.05) is 0 Å². The maximum absolute atomic E-state index is 11.9. The molecular formula is C17H23N5O2. The van der Waals surface area contributed by atoms with Gasteiger partial charge in [0.1, 0.15) is 5.82 Å². The summed E-state index contributed by atoms with van der Waals surface area (Å²) in [6, 6.07) is 7.89. The summed E-state index contributed by atoms with van der Waals surface area (Å²) in [5.74, 6) is 1.78. The molecule has 0 atom stereocenters. The molecule has 0 unspecified atom stereocenters. The molecule has 2 aromatic rings. The number of benzene rings is 1. The number of amides is 1. The molecule has 1 aliphatic carbocycles. The number of nitrogens with one attached hydrogen (secondary N) is 2. The van der Waals surface area contributed by atoms with E-state index in [9.17, 15) is 4.79 Å². The number of hydrogen-bond donors (Lipinski definition) is 3. The highest BCUT2D eigenvalue weighted by Crippen LogP contribution is 2.36. The number of rotatable bonds is 8. The number of aromatic nitrogens is 3. The molecule has 0 aliphatic heterocycles. The number of anilines is 1. The van der Waals surface area contributed by atoms with E-state index in [-0.39, 0.29) is 12.5 Å². The van der Waals surface area contributed by atoms with Crippen LogP contribution in [0.2, 0.25) is 0 Å². The monoisotopic (exact) mass is 329 g/mol. The lowest BCUT2D eigenvalue weighted by Gasteiger charge is -2.10. The van der Waals surface area contributed by atoms with Crippen LogP contribution in [-0.2, 0) is 6.54 Å². The summed E-state index contributed by atoms with van der Waals surface area (Å²) in [4.78, 5) is 11.9. The van der Waals surface area contributed by atoms with Crippen LogP contribution >= 0.6 is 0 Å². The number of nitrogens with zero attached hydrogens (tertiary/aromatic N) is 3. The minimum atomic E-state index is -0.126.